The summed E-state index contributed by atoms with van der Waals surface area (Å²) in [4.78, 5) is 127. The highest BCUT2D eigenvalue weighted by atomic mass is 16.2. The van der Waals surface area contributed by atoms with E-state index in [0.29, 0.717) is 6.29 Å². The van der Waals surface area contributed by atoms with E-state index in [4.69, 9.17) is 0 Å². The van der Waals surface area contributed by atoms with E-state index in [-0.39, 0.29) is 51.2 Å². The average molecular weight is 729 g/mol. The summed E-state index contributed by atoms with van der Waals surface area (Å²) in [5, 5.41) is 9.95. The van der Waals surface area contributed by atoms with Crippen molar-refractivity contribution in [2.75, 3.05) is 108 Å². The van der Waals surface area contributed by atoms with Gasteiger partial charge in [0.05, 0.1) is 65.4 Å². The Kier molecular flexibility index (Phi) is 24.2. The van der Waals surface area contributed by atoms with Crippen LogP contribution in [0, 0.1) is 0 Å². The summed E-state index contributed by atoms with van der Waals surface area (Å²) in [7, 11) is 8.16. The molecule has 0 aliphatic heterocycles. The molecule has 0 radical (unpaired) electrons. The van der Waals surface area contributed by atoms with Gasteiger partial charge in [0.2, 0.25) is 53.2 Å². The zero-order valence-corrected chi connectivity index (χ0v) is 31.5. The van der Waals surface area contributed by atoms with Crippen LogP contribution in [0.5, 0.6) is 0 Å². The molecule has 290 valence electrons. The molecule has 20 heteroatoms. The van der Waals surface area contributed by atoms with Gasteiger partial charge >= 0.3 is 0 Å². The van der Waals surface area contributed by atoms with E-state index in [1.807, 2.05) is 27.7 Å². The second-order valence-corrected chi connectivity index (χ2v) is 11.6. The lowest BCUT2D eigenvalue weighted by atomic mass is 10.3. The minimum absolute atomic E-state index is 0.0615. The summed E-state index contributed by atoms with van der Waals surface area (Å²) in [5.41, 5.74) is 0. The van der Waals surface area contributed by atoms with Crippen molar-refractivity contribution in [3.8, 4) is 0 Å². The van der Waals surface area contributed by atoms with Gasteiger partial charge in [0.1, 0.15) is 6.29 Å². The molecule has 0 aliphatic carbocycles. The van der Waals surface area contributed by atoms with Gasteiger partial charge < -0.3 is 55.5 Å². The van der Waals surface area contributed by atoms with E-state index in [1.165, 1.54) is 47.2 Å². The summed E-state index contributed by atoms with van der Waals surface area (Å²) in [5.74, 6) is -5.05. The van der Waals surface area contributed by atoms with Crippen molar-refractivity contribution in [1.29, 1.82) is 0 Å². The highest BCUT2D eigenvalue weighted by Gasteiger charge is 2.22. The summed E-state index contributed by atoms with van der Waals surface area (Å²) in [6.45, 7) is 4.52. The van der Waals surface area contributed by atoms with Crippen LogP contribution in [-0.2, 0) is 47.9 Å². The van der Waals surface area contributed by atoms with E-state index in [1.54, 1.807) is 0 Å². The van der Waals surface area contributed by atoms with Crippen LogP contribution in [0.3, 0.4) is 0 Å². The Morgan fingerprint density at radius 1 is 0.451 bits per heavy atom. The lowest BCUT2D eigenvalue weighted by Crippen LogP contribution is -2.49. The third-order valence-electron chi connectivity index (χ3n) is 6.73. The molecule has 4 N–H and O–H groups in total. The Bertz CT molecular complexity index is 1230. The lowest BCUT2D eigenvalue weighted by Gasteiger charge is -2.23. The lowest BCUT2D eigenvalue weighted by molar-refractivity contribution is -0.141. The molecule has 0 unspecified atom stereocenters. The van der Waals surface area contributed by atoms with Crippen molar-refractivity contribution in [2.45, 2.75) is 33.7 Å². The van der Waals surface area contributed by atoms with Crippen LogP contribution in [-0.4, -0.2) is 203 Å². The van der Waals surface area contributed by atoms with E-state index in [0.717, 1.165) is 24.5 Å². The van der Waals surface area contributed by atoms with Crippen molar-refractivity contribution < 1.29 is 47.9 Å². The SMILES string of the molecule is CC.CC(C)NCC(=O)N(C)CC(=O)N(C)CC(=O)NCC(=O)N(C)CC(=O)N(C)CC(=O)NCC(=O)N(C)CC(=O)N(C)CC(=O)NCC=O. The number of hydrogen-bond donors (Lipinski definition) is 4. The molecule has 0 aromatic heterocycles. The minimum Gasteiger partial charge on any atom is -0.348 e. The molecule has 0 rings (SSSR count). The average Bonchev–Trinajstić information content (AvgIpc) is 3.07. The Morgan fingerprint density at radius 2 is 0.725 bits per heavy atom. The summed E-state index contributed by atoms with van der Waals surface area (Å²) in [6, 6.07) is 0.0932. The second-order valence-electron chi connectivity index (χ2n) is 11.6. The van der Waals surface area contributed by atoms with Crippen LogP contribution < -0.4 is 21.3 Å². The molecule has 0 saturated carbocycles. The zero-order valence-electron chi connectivity index (χ0n) is 31.5. The number of likely N-dealkylation sites (N-methyl/N-ethyl adjacent to an activating group) is 6. The van der Waals surface area contributed by atoms with E-state index >= 15 is 0 Å². The maximum atomic E-state index is 12.6. The molecule has 0 fully saturated rings. The van der Waals surface area contributed by atoms with Gasteiger partial charge in [0.25, 0.3) is 0 Å². The van der Waals surface area contributed by atoms with Crippen LogP contribution in [0.1, 0.15) is 27.7 Å². The third-order valence-corrected chi connectivity index (χ3v) is 6.73. The van der Waals surface area contributed by atoms with Gasteiger partial charge in [-0.05, 0) is 0 Å². The van der Waals surface area contributed by atoms with Crippen molar-refractivity contribution in [1.82, 2.24) is 50.7 Å². The molecule has 0 aliphatic rings. The molecule has 0 heterocycles. The summed E-state index contributed by atoms with van der Waals surface area (Å²) in [6.07, 6.45) is 0.494. The molecule has 0 saturated heterocycles. The van der Waals surface area contributed by atoms with Crippen LogP contribution in [0.15, 0.2) is 0 Å². The third kappa shape index (κ3) is 21.5. The topological polar surface area (TPSA) is 238 Å². The molecule has 9 amide bonds. The fraction of sp³-hybridized carbons (Fsp3) is 0.677. The summed E-state index contributed by atoms with van der Waals surface area (Å²) < 4.78 is 0. The van der Waals surface area contributed by atoms with E-state index < -0.39 is 73.4 Å². The number of rotatable bonds is 21. The van der Waals surface area contributed by atoms with Crippen molar-refractivity contribution in [2.24, 2.45) is 0 Å². The van der Waals surface area contributed by atoms with Gasteiger partial charge in [-0.15, -0.1) is 0 Å². The zero-order chi connectivity index (χ0) is 39.8. The Morgan fingerprint density at radius 3 is 1.02 bits per heavy atom. The van der Waals surface area contributed by atoms with Crippen LogP contribution in [0.25, 0.3) is 0 Å². The first-order valence-corrected chi connectivity index (χ1v) is 16.2. The van der Waals surface area contributed by atoms with Crippen molar-refractivity contribution in [3.63, 3.8) is 0 Å². The molecule has 51 heavy (non-hydrogen) atoms. The second kappa shape index (κ2) is 25.8. The number of nitrogens with one attached hydrogen (secondary N) is 4. The molecular formula is C31H56N10O10. The Labute approximate surface area is 299 Å². The highest BCUT2D eigenvalue weighted by molar-refractivity contribution is 5.93. The number of hydrogen-bond acceptors (Lipinski definition) is 11. The molecule has 0 bridgehead atoms. The number of amides is 9. The monoisotopic (exact) mass is 728 g/mol. The number of aldehydes is 1. The predicted molar refractivity (Wildman–Crippen MR) is 185 cm³/mol. The number of nitrogens with zero attached hydrogens (tertiary/aromatic N) is 6. The quantitative estimate of drug-likeness (QED) is 0.0820. The molecule has 0 atom stereocenters. The van der Waals surface area contributed by atoms with Crippen LogP contribution in [0.4, 0.5) is 0 Å². The minimum atomic E-state index is -0.685. The Balaban J connectivity index is 0. The van der Waals surface area contributed by atoms with Crippen LogP contribution in [0.2, 0.25) is 0 Å². The molecule has 0 aromatic carbocycles. The van der Waals surface area contributed by atoms with Gasteiger partial charge in [0.15, 0.2) is 0 Å². The maximum Gasteiger partial charge on any atom is 0.242 e. The fourth-order valence-corrected chi connectivity index (χ4v) is 3.51. The largest absolute Gasteiger partial charge is 0.348 e. The number of carbonyl (C=O) groups is 10. The van der Waals surface area contributed by atoms with Gasteiger partial charge in [-0.2, -0.15) is 0 Å². The Hall–Kier alpha value is -5.14. The summed E-state index contributed by atoms with van der Waals surface area (Å²) >= 11 is 0. The molecular weight excluding hydrogens is 672 g/mol. The normalized spacial score (nSPS) is 10.0. The maximum absolute atomic E-state index is 12.6. The first kappa shape index (κ1) is 48.0. The highest BCUT2D eigenvalue weighted by Crippen LogP contribution is 1.95. The van der Waals surface area contributed by atoms with Gasteiger partial charge in [0, 0.05) is 48.3 Å². The standard InChI is InChI=1S/C29H50N10O10.C2H6/c1-20(2)31-11-24(44)37(6)17-28(48)35(4)15-22(42)33-13-26(46)39(8)19-29(49)36(5)16-23(43)32-12-25(45)38(7)18-27(47)34(3)14-21(41)30-9-10-40;1-2/h10,20,31H,9,11-19H2,1-8H3,(H,30,41)(H,32,43)(H,33,42);1-2H3. The van der Waals surface area contributed by atoms with Gasteiger partial charge in [-0.3, -0.25) is 43.2 Å². The first-order valence-electron chi connectivity index (χ1n) is 16.2. The number of carbonyl (C=O) groups excluding carboxylic acids is 10. The van der Waals surface area contributed by atoms with E-state index in [2.05, 4.69) is 21.3 Å². The van der Waals surface area contributed by atoms with Crippen molar-refractivity contribution in [3.05, 3.63) is 0 Å². The van der Waals surface area contributed by atoms with E-state index in [9.17, 15) is 47.9 Å². The van der Waals surface area contributed by atoms with Gasteiger partial charge in [-0.1, -0.05) is 27.7 Å². The molecule has 0 aromatic rings. The molecule has 0 spiro atoms. The van der Waals surface area contributed by atoms with Gasteiger partial charge in [-0.25, -0.2) is 0 Å². The van der Waals surface area contributed by atoms with Crippen molar-refractivity contribution >= 4 is 59.5 Å². The predicted octanol–water partition coefficient (Wildman–Crippen LogP) is -4.69. The van der Waals surface area contributed by atoms with Crippen LogP contribution >= 0.6 is 0 Å². The fourth-order valence-electron chi connectivity index (χ4n) is 3.51. The first-order chi connectivity index (χ1) is 23.8. The molecule has 20 nitrogen and oxygen atoms in total. The smallest absolute Gasteiger partial charge is 0.242 e.